The highest BCUT2D eigenvalue weighted by atomic mass is 32.1. The number of hydrogen-bond acceptors (Lipinski definition) is 5. The van der Waals surface area contributed by atoms with Gasteiger partial charge >= 0.3 is 5.97 Å². The number of nitrogens with one attached hydrogen (secondary N) is 1. The SMILES string of the molecule is Cc1ccsc1CN1C[C@H](C(=O)O)C[C@@H](C(=O)NCc2cccnc2)C1. The zero-order chi connectivity index (χ0) is 18.5. The molecule has 1 aliphatic rings. The minimum atomic E-state index is -0.831. The summed E-state index contributed by atoms with van der Waals surface area (Å²) >= 11 is 1.67. The van der Waals surface area contributed by atoms with Crippen molar-refractivity contribution in [2.24, 2.45) is 11.8 Å². The van der Waals surface area contributed by atoms with Crippen LogP contribution in [0.4, 0.5) is 0 Å². The van der Waals surface area contributed by atoms with Crippen LogP contribution in [0.15, 0.2) is 36.0 Å². The number of aryl methyl sites for hydroxylation is 1. The molecule has 26 heavy (non-hydrogen) atoms. The molecule has 3 heterocycles. The molecule has 1 fully saturated rings. The number of amides is 1. The van der Waals surface area contributed by atoms with E-state index in [9.17, 15) is 14.7 Å². The van der Waals surface area contributed by atoms with Crippen LogP contribution in [0.25, 0.3) is 0 Å². The first kappa shape index (κ1) is 18.5. The monoisotopic (exact) mass is 373 g/mol. The van der Waals surface area contributed by atoms with Crippen LogP contribution in [-0.4, -0.2) is 40.0 Å². The molecular weight excluding hydrogens is 350 g/mol. The Labute approximate surface area is 156 Å². The number of aliphatic carboxylic acids is 1. The van der Waals surface area contributed by atoms with E-state index in [1.165, 1.54) is 10.4 Å². The van der Waals surface area contributed by atoms with Gasteiger partial charge in [-0.05, 0) is 42.0 Å². The highest BCUT2D eigenvalue weighted by Gasteiger charge is 2.35. The predicted octanol–water partition coefficient (Wildman–Crippen LogP) is 2.29. The molecule has 3 rings (SSSR count). The van der Waals surface area contributed by atoms with Gasteiger partial charge in [0.15, 0.2) is 0 Å². The molecular formula is C19H23N3O3S. The summed E-state index contributed by atoms with van der Waals surface area (Å²) in [5, 5.41) is 14.4. The van der Waals surface area contributed by atoms with E-state index in [2.05, 4.69) is 28.2 Å². The molecule has 0 saturated carbocycles. The first-order valence-corrected chi connectivity index (χ1v) is 9.55. The Balaban J connectivity index is 1.64. The van der Waals surface area contributed by atoms with Crippen molar-refractivity contribution in [1.29, 1.82) is 0 Å². The third-order valence-electron chi connectivity index (χ3n) is 4.77. The van der Waals surface area contributed by atoms with E-state index in [1.54, 1.807) is 23.7 Å². The molecule has 0 radical (unpaired) electrons. The lowest BCUT2D eigenvalue weighted by atomic mass is 9.88. The van der Waals surface area contributed by atoms with Crippen LogP contribution in [0.3, 0.4) is 0 Å². The van der Waals surface area contributed by atoms with E-state index in [0.717, 1.165) is 5.56 Å². The number of carboxylic acid groups (broad SMARTS) is 1. The summed E-state index contributed by atoms with van der Waals surface area (Å²) in [6, 6.07) is 5.80. The van der Waals surface area contributed by atoms with Gasteiger partial charge in [0.1, 0.15) is 0 Å². The number of carboxylic acids is 1. The Hall–Kier alpha value is -2.25. The van der Waals surface area contributed by atoms with Crippen molar-refractivity contribution in [3.8, 4) is 0 Å². The number of carbonyl (C=O) groups excluding carboxylic acids is 1. The second kappa shape index (κ2) is 8.42. The van der Waals surface area contributed by atoms with Gasteiger partial charge in [-0.2, -0.15) is 0 Å². The number of piperidine rings is 1. The zero-order valence-electron chi connectivity index (χ0n) is 14.7. The van der Waals surface area contributed by atoms with Crippen LogP contribution in [0.2, 0.25) is 0 Å². The molecule has 7 heteroatoms. The molecule has 0 aromatic carbocycles. The number of likely N-dealkylation sites (tertiary alicyclic amines) is 1. The largest absolute Gasteiger partial charge is 0.481 e. The number of hydrogen-bond donors (Lipinski definition) is 2. The summed E-state index contributed by atoms with van der Waals surface area (Å²) in [7, 11) is 0. The molecule has 0 spiro atoms. The third-order valence-corrected chi connectivity index (χ3v) is 5.78. The maximum atomic E-state index is 12.6. The fourth-order valence-electron chi connectivity index (χ4n) is 3.29. The summed E-state index contributed by atoms with van der Waals surface area (Å²) in [6.45, 7) is 4.23. The van der Waals surface area contributed by atoms with Crippen molar-refractivity contribution in [3.05, 3.63) is 52.0 Å². The smallest absolute Gasteiger partial charge is 0.307 e. The van der Waals surface area contributed by atoms with Crippen LogP contribution in [0.1, 0.15) is 22.4 Å². The minimum Gasteiger partial charge on any atom is -0.481 e. The van der Waals surface area contributed by atoms with Crippen molar-refractivity contribution in [1.82, 2.24) is 15.2 Å². The van der Waals surface area contributed by atoms with E-state index < -0.39 is 11.9 Å². The van der Waals surface area contributed by atoms with E-state index in [1.807, 2.05) is 17.5 Å². The molecule has 0 bridgehead atoms. The molecule has 2 N–H and O–H groups in total. The van der Waals surface area contributed by atoms with Gasteiger partial charge in [0, 0.05) is 43.4 Å². The van der Waals surface area contributed by atoms with Crippen LogP contribution in [-0.2, 0) is 22.7 Å². The highest BCUT2D eigenvalue weighted by Crippen LogP contribution is 2.26. The van der Waals surface area contributed by atoms with Gasteiger partial charge in [-0.3, -0.25) is 19.5 Å². The lowest BCUT2D eigenvalue weighted by Crippen LogP contribution is -2.47. The molecule has 1 aliphatic heterocycles. The van der Waals surface area contributed by atoms with Crippen molar-refractivity contribution >= 4 is 23.2 Å². The van der Waals surface area contributed by atoms with Crippen molar-refractivity contribution < 1.29 is 14.7 Å². The molecule has 1 amide bonds. The van der Waals surface area contributed by atoms with Crippen LogP contribution < -0.4 is 5.32 Å². The van der Waals surface area contributed by atoms with Gasteiger partial charge < -0.3 is 10.4 Å². The van der Waals surface area contributed by atoms with Crippen molar-refractivity contribution in [2.45, 2.75) is 26.4 Å². The first-order valence-electron chi connectivity index (χ1n) is 8.67. The summed E-state index contributed by atoms with van der Waals surface area (Å²) < 4.78 is 0. The summed E-state index contributed by atoms with van der Waals surface area (Å²) in [6.07, 6.45) is 3.79. The molecule has 2 aromatic heterocycles. The Bertz CT molecular complexity index is 762. The van der Waals surface area contributed by atoms with Crippen LogP contribution in [0.5, 0.6) is 0 Å². The molecule has 6 nitrogen and oxygen atoms in total. The van der Waals surface area contributed by atoms with E-state index in [0.29, 0.717) is 32.6 Å². The number of pyridine rings is 1. The lowest BCUT2D eigenvalue weighted by molar-refractivity contribution is -0.145. The number of aromatic nitrogens is 1. The Kier molecular flexibility index (Phi) is 6.00. The van der Waals surface area contributed by atoms with E-state index in [4.69, 9.17) is 0 Å². The fraction of sp³-hybridized carbons (Fsp3) is 0.421. The first-order chi connectivity index (χ1) is 12.5. The average Bonchev–Trinajstić information content (AvgIpc) is 3.05. The second-order valence-electron chi connectivity index (χ2n) is 6.77. The molecule has 2 atom stereocenters. The Morgan fingerprint density at radius 2 is 2.15 bits per heavy atom. The summed E-state index contributed by atoms with van der Waals surface area (Å²) in [5.41, 5.74) is 2.14. The Morgan fingerprint density at radius 3 is 2.81 bits per heavy atom. The van der Waals surface area contributed by atoms with Gasteiger partial charge in [-0.1, -0.05) is 6.07 Å². The van der Waals surface area contributed by atoms with E-state index >= 15 is 0 Å². The van der Waals surface area contributed by atoms with Gasteiger partial charge in [-0.25, -0.2) is 0 Å². The molecule has 0 unspecified atom stereocenters. The lowest BCUT2D eigenvalue weighted by Gasteiger charge is -2.35. The minimum absolute atomic E-state index is 0.0901. The van der Waals surface area contributed by atoms with Crippen LogP contribution >= 0.6 is 11.3 Å². The van der Waals surface area contributed by atoms with Crippen molar-refractivity contribution in [2.75, 3.05) is 13.1 Å². The van der Waals surface area contributed by atoms with Crippen LogP contribution in [0, 0.1) is 18.8 Å². The number of nitrogens with zero attached hydrogens (tertiary/aromatic N) is 2. The standard InChI is InChI=1S/C19H23N3O3S/c1-13-4-6-26-17(13)12-22-10-15(7-16(11-22)19(24)25)18(23)21-9-14-3-2-5-20-8-14/h2-6,8,15-16H,7,9-12H2,1H3,(H,21,23)(H,24,25)/t15-,16-/m1/s1. The molecule has 1 saturated heterocycles. The maximum Gasteiger partial charge on any atom is 0.307 e. The second-order valence-corrected chi connectivity index (χ2v) is 7.77. The van der Waals surface area contributed by atoms with Crippen molar-refractivity contribution in [3.63, 3.8) is 0 Å². The van der Waals surface area contributed by atoms with Gasteiger partial charge in [0.05, 0.1) is 11.8 Å². The zero-order valence-corrected chi connectivity index (χ0v) is 15.5. The third kappa shape index (κ3) is 4.68. The molecule has 2 aromatic rings. The maximum absolute atomic E-state index is 12.6. The molecule has 138 valence electrons. The summed E-state index contributed by atoms with van der Waals surface area (Å²) in [4.78, 5) is 31.5. The van der Waals surface area contributed by atoms with Gasteiger partial charge in [-0.15, -0.1) is 11.3 Å². The summed E-state index contributed by atoms with van der Waals surface area (Å²) in [5.74, 6) is -1.75. The Morgan fingerprint density at radius 1 is 1.35 bits per heavy atom. The number of carbonyl (C=O) groups is 2. The normalized spacial score (nSPS) is 20.7. The number of rotatable bonds is 6. The topological polar surface area (TPSA) is 82.5 Å². The van der Waals surface area contributed by atoms with E-state index in [-0.39, 0.29) is 11.8 Å². The predicted molar refractivity (Wildman–Crippen MR) is 99.6 cm³/mol. The number of thiophene rings is 1. The van der Waals surface area contributed by atoms with Gasteiger partial charge in [0.2, 0.25) is 5.91 Å². The molecule has 0 aliphatic carbocycles. The highest BCUT2D eigenvalue weighted by molar-refractivity contribution is 7.10. The average molecular weight is 373 g/mol. The fourth-order valence-corrected chi connectivity index (χ4v) is 4.24. The quantitative estimate of drug-likeness (QED) is 0.812. The van der Waals surface area contributed by atoms with Gasteiger partial charge in [0.25, 0.3) is 0 Å².